The van der Waals surface area contributed by atoms with Crippen molar-refractivity contribution < 1.29 is 4.74 Å². The largest absolute Gasteiger partial charge is 0.381 e. The van der Waals surface area contributed by atoms with Crippen LogP contribution in [0.25, 0.3) is 0 Å². The first-order valence-corrected chi connectivity index (χ1v) is 5.26. The highest BCUT2D eigenvalue weighted by Crippen LogP contribution is 2.29. The minimum absolute atomic E-state index is 0.417. The predicted molar refractivity (Wildman–Crippen MR) is 55.8 cm³/mol. The van der Waals surface area contributed by atoms with Gasteiger partial charge in [0.1, 0.15) is 0 Å². The van der Waals surface area contributed by atoms with Gasteiger partial charge in [0.2, 0.25) is 0 Å². The maximum Gasteiger partial charge on any atom is 0.0623 e. The summed E-state index contributed by atoms with van der Waals surface area (Å²) in [5, 5.41) is 3.44. The molecule has 1 rings (SSSR count). The van der Waals surface area contributed by atoms with Crippen molar-refractivity contribution in [3.8, 4) is 0 Å². The Morgan fingerprint density at radius 3 is 2.62 bits per heavy atom. The summed E-state index contributed by atoms with van der Waals surface area (Å²) < 4.78 is 5.51. The molecule has 0 aromatic carbocycles. The Labute approximate surface area is 82.0 Å². The Morgan fingerprint density at radius 1 is 1.38 bits per heavy atom. The average molecular weight is 185 g/mol. The quantitative estimate of drug-likeness (QED) is 0.711. The zero-order chi connectivity index (χ0) is 9.90. The summed E-state index contributed by atoms with van der Waals surface area (Å²) in [4.78, 5) is 0. The maximum atomic E-state index is 5.51. The summed E-state index contributed by atoms with van der Waals surface area (Å²) in [5.41, 5.74) is 0.417. The highest BCUT2D eigenvalue weighted by molar-refractivity contribution is 4.82. The van der Waals surface area contributed by atoms with Crippen LogP contribution in [-0.4, -0.2) is 26.3 Å². The van der Waals surface area contributed by atoms with Crippen molar-refractivity contribution in [3.63, 3.8) is 0 Å². The molecule has 1 heterocycles. The molecular weight excluding hydrogens is 162 g/mol. The lowest BCUT2D eigenvalue weighted by molar-refractivity contribution is 0.0152. The number of rotatable bonds is 2. The third-order valence-corrected chi connectivity index (χ3v) is 2.72. The molecule has 13 heavy (non-hydrogen) atoms. The molecule has 0 spiro atoms. The Morgan fingerprint density at radius 2 is 2.08 bits per heavy atom. The molecule has 0 bridgehead atoms. The van der Waals surface area contributed by atoms with Crippen LogP contribution in [0, 0.1) is 11.3 Å². The van der Waals surface area contributed by atoms with Crippen LogP contribution in [0.4, 0.5) is 0 Å². The zero-order valence-corrected chi connectivity index (χ0v) is 9.39. The molecule has 0 aromatic rings. The molecule has 2 atom stereocenters. The van der Waals surface area contributed by atoms with E-state index in [0.29, 0.717) is 17.4 Å². The Balaban J connectivity index is 2.45. The fourth-order valence-corrected chi connectivity index (χ4v) is 2.20. The molecular formula is C11H23NO. The highest BCUT2D eigenvalue weighted by Gasteiger charge is 2.28. The standard InChI is InChI=1S/C11H23NO/c1-11(2,3)7-9-8-12-6-5-10(9)13-4/h9-10,12H,5-8H2,1-4H3. The summed E-state index contributed by atoms with van der Waals surface area (Å²) in [7, 11) is 1.84. The molecule has 1 aliphatic rings. The fraction of sp³-hybridized carbons (Fsp3) is 1.00. The fourth-order valence-electron chi connectivity index (χ4n) is 2.20. The van der Waals surface area contributed by atoms with E-state index in [4.69, 9.17) is 4.74 Å². The monoisotopic (exact) mass is 185 g/mol. The van der Waals surface area contributed by atoms with Gasteiger partial charge in [-0.3, -0.25) is 0 Å². The van der Waals surface area contributed by atoms with Gasteiger partial charge in [0, 0.05) is 13.7 Å². The molecule has 0 aliphatic carbocycles. The SMILES string of the molecule is COC1CCNCC1CC(C)(C)C. The van der Waals surface area contributed by atoms with Crippen LogP contribution in [0.5, 0.6) is 0 Å². The minimum Gasteiger partial charge on any atom is -0.381 e. The molecule has 2 unspecified atom stereocenters. The number of hydrogen-bond donors (Lipinski definition) is 1. The number of hydrogen-bond acceptors (Lipinski definition) is 2. The molecule has 1 fully saturated rings. The lowest BCUT2D eigenvalue weighted by Crippen LogP contribution is -2.42. The summed E-state index contributed by atoms with van der Waals surface area (Å²) in [6.45, 7) is 9.13. The maximum absolute atomic E-state index is 5.51. The van der Waals surface area contributed by atoms with Crippen molar-refractivity contribution in [1.29, 1.82) is 0 Å². The summed E-state index contributed by atoms with van der Waals surface area (Å²) in [6, 6.07) is 0. The van der Waals surface area contributed by atoms with E-state index in [1.807, 2.05) is 7.11 Å². The smallest absolute Gasteiger partial charge is 0.0623 e. The first-order chi connectivity index (χ1) is 6.03. The van der Waals surface area contributed by atoms with Gasteiger partial charge in [0.25, 0.3) is 0 Å². The van der Waals surface area contributed by atoms with Crippen LogP contribution in [0.2, 0.25) is 0 Å². The lowest BCUT2D eigenvalue weighted by Gasteiger charge is -2.35. The van der Waals surface area contributed by atoms with E-state index in [9.17, 15) is 0 Å². The van der Waals surface area contributed by atoms with Crippen molar-refractivity contribution >= 4 is 0 Å². The van der Waals surface area contributed by atoms with E-state index in [0.717, 1.165) is 19.5 Å². The van der Waals surface area contributed by atoms with E-state index in [-0.39, 0.29) is 0 Å². The van der Waals surface area contributed by atoms with Crippen LogP contribution >= 0.6 is 0 Å². The lowest BCUT2D eigenvalue weighted by atomic mass is 9.80. The minimum atomic E-state index is 0.417. The molecule has 1 N–H and O–H groups in total. The second-order valence-electron chi connectivity index (χ2n) is 5.29. The van der Waals surface area contributed by atoms with Gasteiger partial charge in [0.15, 0.2) is 0 Å². The zero-order valence-electron chi connectivity index (χ0n) is 9.39. The summed E-state index contributed by atoms with van der Waals surface area (Å²) in [6.07, 6.45) is 2.89. The van der Waals surface area contributed by atoms with Gasteiger partial charge in [-0.2, -0.15) is 0 Å². The van der Waals surface area contributed by atoms with Crippen molar-refractivity contribution in [3.05, 3.63) is 0 Å². The van der Waals surface area contributed by atoms with E-state index < -0.39 is 0 Å². The molecule has 2 heteroatoms. The van der Waals surface area contributed by atoms with Gasteiger partial charge in [0.05, 0.1) is 6.10 Å². The average Bonchev–Trinajstić information content (AvgIpc) is 2.02. The van der Waals surface area contributed by atoms with Gasteiger partial charge in [-0.05, 0) is 30.7 Å². The number of piperidine rings is 1. The van der Waals surface area contributed by atoms with E-state index in [1.165, 1.54) is 6.42 Å². The molecule has 1 aliphatic heterocycles. The predicted octanol–water partition coefficient (Wildman–Crippen LogP) is 2.05. The first kappa shape index (κ1) is 11.0. The molecule has 78 valence electrons. The Kier molecular flexibility index (Phi) is 3.74. The molecule has 0 aromatic heterocycles. The highest BCUT2D eigenvalue weighted by atomic mass is 16.5. The van der Waals surface area contributed by atoms with Crippen LogP contribution < -0.4 is 5.32 Å². The van der Waals surface area contributed by atoms with E-state index >= 15 is 0 Å². The number of ether oxygens (including phenoxy) is 1. The van der Waals surface area contributed by atoms with E-state index in [2.05, 4.69) is 26.1 Å². The van der Waals surface area contributed by atoms with Crippen LogP contribution in [0.1, 0.15) is 33.6 Å². The Hall–Kier alpha value is -0.0800. The second-order valence-corrected chi connectivity index (χ2v) is 5.29. The van der Waals surface area contributed by atoms with Crippen molar-refractivity contribution in [2.75, 3.05) is 20.2 Å². The Bertz CT molecular complexity index is 151. The van der Waals surface area contributed by atoms with Crippen LogP contribution in [0.3, 0.4) is 0 Å². The van der Waals surface area contributed by atoms with Crippen molar-refractivity contribution in [2.24, 2.45) is 11.3 Å². The molecule has 0 amide bonds. The van der Waals surface area contributed by atoms with Gasteiger partial charge >= 0.3 is 0 Å². The summed E-state index contributed by atoms with van der Waals surface area (Å²) in [5.74, 6) is 0.693. The second kappa shape index (κ2) is 4.43. The van der Waals surface area contributed by atoms with Crippen LogP contribution in [0.15, 0.2) is 0 Å². The molecule has 1 saturated heterocycles. The topological polar surface area (TPSA) is 21.3 Å². The van der Waals surface area contributed by atoms with E-state index in [1.54, 1.807) is 0 Å². The van der Waals surface area contributed by atoms with Crippen molar-refractivity contribution in [2.45, 2.75) is 39.7 Å². The third kappa shape index (κ3) is 3.65. The third-order valence-electron chi connectivity index (χ3n) is 2.72. The molecule has 0 saturated carbocycles. The van der Waals surface area contributed by atoms with Crippen molar-refractivity contribution in [1.82, 2.24) is 5.32 Å². The van der Waals surface area contributed by atoms with Gasteiger partial charge < -0.3 is 10.1 Å². The molecule has 2 nitrogen and oxygen atoms in total. The summed E-state index contributed by atoms with van der Waals surface area (Å²) >= 11 is 0. The molecule has 0 radical (unpaired) electrons. The first-order valence-electron chi connectivity index (χ1n) is 5.26. The van der Waals surface area contributed by atoms with Gasteiger partial charge in [-0.25, -0.2) is 0 Å². The van der Waals surface area contributed by atoms with Gasteiger partial charge in [-0.1, -0.05) is 20.8 Å². The normalized spacial score (nSPS) is 30.5. The van der Waals surface area contributed by atoms with Crippen LogP contribution in [-0.2, 0) is 4.74 Å². The van der Waals surface area contributed by atoms with Gasteiger partial charge in [-0.15, -0.1) is 0 Å². The number of nitrogens with one attached hydrogen (secondary N) is 1. The number of methoxy groups -OCH3 is 1.